The van der Waals surface area contributed by atoms with Crippen LogP contribution in [-0.2, 0) is 0 Å². The molecule has 5 nitrogen and oxygen atoms in total. The number of carbonyl (C=O) groups is 2. The van der Waals surface area contributed by atoms with Crippen molar-refractivity contribution in [2.75, 3.05) is 5.32 Å². The molecule has 0 spiro atoms. The van der Waals surface area contributed by atoms with Crippen molar-refractivity contribution in [2.45, 2.75) is 13.0 Å². The van der Waals surface area contributed by atoms with E-state index in [1.807, 2.05) is 19.1 Å². The number of halogens is 1. The van der Waals surface area contributed by atoms with E-state index in [2.05, 4.69) is 10.6 Å². The molecule has 3 amide bonds. The molecule has 2 aromatic carbocycles. The first-order valence-corrected chi connectivity index (χ1v) is 7.06. The number of primary amides is 1. The lowest BCUT2D eigenvalue weighted by Gasteiger charge is -2.15. The van der Waals surface area contributed by atoms with Crippen molar-refractivity contribution in [1.82, 2.24) is 5.32 Å². The Hall–Kier alpha value is -2.53. The molecule has 0 heterocycles. The zero-order valence-electron chi connectivity index (χ0n) is 12.0. The van der Waals surface area contributed by atoms with Gasteiger partial charge in [0.05, 0.1) is 6.04 Å². The summed E-state index contributed by atoms with van der Waals surface area (Å²) in [7, 11) is 0. The molecule has 0 saturated carbocycles. The van der Waals surface area contributed by atoms with Crippen LogP contribution in [0.3, 0.4) is 0 Å². The Balaban J connectivity index is 2.10. The van der Waals surface area contributed by atoms with Crippen LogP contribution < -0.4 is 16.4 Å². The van der Waals surface area contributed by atoms with E-state index >= 15 is 0 Å². The molecule has 2 rings (SSSR count). The van der Waals surface area contributed by atoms with Gasteiger partial charge in [-0.25, -0.2) is 4.79 Å². The lowest BCUT2D eigenvalue weighted by atomic mass is 10.1. The van der Waals surface area contributed by atoms with E-state index in [9.17, 15) is 9.59 Å². The van der Waals surface area contributed by atoms with Gasteiger partial charge in [0, 0.05) is 16.3 Å². The molecule has 1 atom stereocenters. The number of nitrogens with one attached hydrogen (secondary N) is 2. The van der Waals surface area contributed by atoms with E-state index in [1.165, 1.54) is 0 Å². The molecule has 114 valence electrons. The molecule has 0 saturated heterocycles. The quantitative estimate of drug-likeness (QED) is 0.808. The van der Waals surface area contributed by atoms with Crippen molar-refractivity contribution in [1.29, 1.82) is 0 Å². The molecule has 4 N–H and O–H groups in total. The Kier molecular flexibility index (Phi) is 5.01. The maximum atomic E-state index is 12.3. The van der Waals surface area contributed by atoms with Gasteiger partial charge in [-0.15, -0.1) is 0 Å². The van der Waals surface area contributed by atoms with Gasteiger partial charge in [0.2, 0.25) is 0 Å². The first-order chi connectivity index (χ1) is 10.5. The zero-order chi connectivity index (χ0) is 16.1. The Morgan fingerprint density at radius 3 is 2.55 bits per heavy atom. The van der Waals surface area contributed by atoms with Crippen molar-refractivity contribution in [3.05, 3.63) is 64.7 Å². The number of hydrogen-bond donors (Lipinski definition) is 3. The summed E-state index contributed by atoms with van der Waals surface area (Å²) in [4.78, 5) is 23.1. The van der Waals surface area contributed by atoms with Gasteiger partial charge in [0.25, 0.3) is 5.91 Å². The fraction of sp³-hybridized carbons (Fsp3) is 0.125. The second-order valence-corrected chi connectivity index (χ2v) is 5.26. The molecular formula is C16H16ClN3O2. The topological polar surface area (TPSA) is 84.2 Å². The second kappa shape index (κ2) is 6.95. The van der Waals surface area contributed by atoms with Gasteiger partial charge in [-0.2, -0.15) is 0 Å². The molecule has 0 radical (unpaired) electrons. The maximum Gasteiger partial charge on any atom is 0.316 e. The third kappa shape index (κ3) is 4.23. The zero-order valence-corrected chi connectivity index (χ0v) is 12.7. The summed E-state index contributed by atoms with van der Waals surface area (Å²) < 4.78 is 0. The minimum atomic E-state index is -0.676. The lowest BCUT2D eigenvalue weighted by molar-refractivity contribution is 0.0940. The van der Waals surface area contributed by atoms with Gasteiger partial charge in [-0.1, -0.05) is 29.8 Å². The molecule has 0 aliphatic heterocycles. The third-order valence-corrected chi connectivity index (χ3v) is 3.32. The van der Waals surface area contributed by atoms with Gasteiger partial charge in [0.15, 0.2) is 0 Å². The summed E-state index contributed by atoms with van der Waals surface area (Å²) in [5.41, 5.74) is 6.87. The number of benzene rings is 2. The highest BCUT2D eigenvalue weighted by Gasteiger charge is 2.12. The molecule has 22 heavy (non-hydrogen) atoms. The minimum absolute atomic E-state index is 0.195. The van der Waals surface area contributed by atoms with Crippen LogP contribution in [0.2, 0.25) is 5.02 Å². The number of urea groups is 1. The average molecular weight is 318 g/mol. The highest BCUT2D eigenvalue weighted by Crippen LogP contribution is 2.18. The first-order valence-electron chi connectivity index (χ1n) is 6.68. The molecule has 6 heteroatoms. The minimum Gasteiger partial charge on any atom is -0.351 e. The summed E-state index contributed by atoms with van der Waals surface area (Å²) in [6.07, 6.45) is 0. The van der Waals surface area contributed by atoms with Crippen LogP contribution >= 0.6 is 11.6 Å². The molecule has 0 unspecified atom stereocenters. The van der Waals surface area contributed by atoms with Crippen LogP contribution in [0.4, 0.5) is 10.5 Å². The predicted molar refractivity (Wildman–Crippen MR) is 87.0 cm³/mol. The van der Waals surface area contributed by atoms with E-state index in [4.69, 9.17) is 17.3 Å². The van der Waals surface area contributed by atoms with Gasteiger partial charge < -0.3 is 16.4 Å². The third-order valence-electron chi connectivity index (χ3n) is 3.09. The number of hydrogen-bond acceptors (Lipinski definition) is 2. The standard InChI is InChI=1S/C16H16ClN3O2/c1-10(11-4-2-6-13(17)8-11)19-15(21)12-5-3-7-14(9-12)20-16(18)22/h2-10H,1H3,(H,19,21)(H3,18,20,22)/t10-/m0/s1. The Morgan fingerprint density at radius 1 is 1.14 bits per heavy atom. The molecule has 0 bridgehead atoms. The maximum absolute atomic E-state index is 12.3. The van der Waals surface area contributed by atoms with Crippen molar-refractivity contribution in [3.63, 3.8) is 0 Å². The molecule has 0 aliphatic carbocycles. The number of anilines is 1. The molecule has 2 aromatic rings. The monoisotopic (exact) mass is 317 g/mol. The van der Waals surface area contributed by atoms with Crippen molar-refractivity contribution in [2.24, 2.45) is 5.73 Å². The van der Waals surface area contributed by atoms with Crippen LogP contribution in [-0.4, -0.2) is 11.9 Å². The number of amides is 3. The fourth-order valence-electron chi connectivity index (χ4n) is 2.02. The van der Waals surface area contributed by atoms with E-state index in [0.717, 1.165) is 5.56 Å². The summed E-state index contributed by atoms with van der Waals surface area (Å²) in [5.74, 6) is -0.249. The number of rotatable bonds is 4. The van der Waals surface area contributed by atoms with Crippen LogP contribution in [0.15, 0.2) is 48.5 Å². The summed E-state index contributed by atoms with van der Waals surface area (Å²) in [5, 5.41) is 5.93. The molecule has 0 aromatic heterocycles. The van der Waals surface area contributed by atoms with Gasteiger partial charge in [-0.3, -0.25) is 4.79 Å². The number of nitrogens with two attached hydrogens (primary N) is 1. The summed E-state index contributed by atoms with van der Waals surface area (Å²) >= 11 is 5.95. The van der Waals surface area contributed by atoms with Crippen molar-refractivity contribution >= 4 is 29.2 Å². The lowest BCUT2D eigenvalue weighted by Crippen LogP contribution is -2.27. The van der Waals surface area contributed by atoms with Gasteiger partial charge in [-0.05, 0) is 42.8 Å². The highest BCUT2D eigenvalue weighted by atomic mass is 35.5. The largest absolute Gasteiger partial charge is 0.351 e. The first kappa shape index (κ1) is 15.9. The van der Waals surface area contributed by atoms with E-state index < -0.39 is 6.03 Å². The SMILES string of the molecule is C[C@H](NC(=O)c1cccc(NC(N)=O)c1)c1cccc(Cl)c1. The van der Waals surface area contributed by atoms with Crippen molar-refractivity contribution < 1.29 is 9.59 Å². The molecule has 0 aliphatic rings. The van der Waals surface area contributed by atoms with Crippen LogP contribution in [0.25, 0.3) is 0 Å². The molecular weight excluding hydrogens is 302 g/mol. The van der Waals surface area contributed by atoms with Gasteiger partial charge in [0.1, 0.15) is 0 Å². The Morgan fingerprint density at radius 2 is 1.86 bits per heavy atom. The van der Waals surface area contributed by atoms with Gasteiger partial charge >= 0.3 is 6.03 Å². The summed E-state index contributed by atoms with van der Waals surface area (Å²) in [6, 6.07) is 13.0. The normalized spacial score (nSPS) is 11.5. The van der Waals surface area contributed by atoms with Crippen LogP contribution in [0, 0.1) is 0 Å². The smallest absolute Gasteiger partial charge is 0.316 e. The van der Waals surface area contributed by atoms with E-state index in [-0.39, 0.29) is 11.9 Å². The van der Waals surface area contributed by atoms with Crippen molar-refractivity contribution in [3.8, 4) is 0 Å². The fourth-order valence-corrected chi connectivity index (χ4v) is 2.22. The van der Waals surface area contributed by atoms with Crippen LogP contribution in [0.5, 0.6) is 0 Å². The molecule has 0 fully saturated rings. The second-order valence-electron chi connectivity index (χ2n) is 4.82. The average Bonchev–Trinajstić information content (AvgIpc) is 2.46. The highest BCUT2D eigenvalue weighted by molar-refractivity contribution is 6.30. The van der Waals surface area contributed by atoms with E-state index in [1.54, 1.807) is 36.4 Å². The predicted octanol–water partition coefficient (Wildman–Crippen LogP) is 3.32. The Labute approximate surface area is 133 Å². The number of carbonyl (C=O) groups excluding carboxylic acids is 2. The Bertz CT molecular complexity index is 703. The van der Waals surface area contributed by atoms with Crippen LogP contribution in [0.1, 0.15) is 28.9 Å². The summed E-state index contributed by atoms with van der Waals surface area (Å²) in [6.45, 7) is 1.87. The van der Waals surface area contributed by atoms with E-state index in [0.29, 0.717) is 16.3 Å².